The van der Waals surface area contributed by atoms with Gasteiger partial charge < -0.3 is 10.3 Å². The van der Waals surface area contributed by atoms with Gasteiger partial charge in [-0.3, -0.25) is 9.59 Å². The van der Waals surface area contributed by atoms with Gasteiger partial charge in [-0.2, -0.15) is 5.10 Å². The second kappa shape index (κ2) is 8.47. The van der Waals surface area contributed by atoms with E-state index in [1.807, 2.05) is 62.7 Å². The molecular weight excluding hydrogens is 410 g/mol. The third-order valence-corrected chi connectivity index (χ3v) is 6.68. The number of aromatic amines is 1. The molecular formula is C23H25N5O2S. The number of thiophene rings is 1. The Labute approximate surface area is 184 Å². The summed E-state index contributed by atoms with van der Waals surface area (Å²) in [5, 5.41) is 8.24. The number of para-hydroxylation sites is 1. The third kappa shape index (κ3) is 4.16. The largest absolute Gasteiger partial charge is 0.352 e. The molecule has 1 amide bonds. The summed E-state index contributed by atoms with van der Waals surface area (Å²) in [6.45, 7) is 8.28. The maximum Gasteiger partial charge on any atom is 0.259 e. The lowest BCUT2D eigenvalue weighted by Gasteiger charge is -2.07. The van der Waals surface area contributed by atoms with Crippen LogP contribution in [0, 0.1) is 27.7 Å². The van der Waals surface area contributed by atoms with Gasteiger partial charge in [0, 0.05) is 35.5 Å². The van der Waals surface area contributed by atoms with Crippen LogP contribution in [0.3, 0.4) is 0 Å². The molecule has 0 atom stereocenters. The van der Waals surface area contributed by atoms with Crippen molar-refractivity contribution in [3.63, 3.8) is 0 Å². The average molecular weight is 436 g/mol. The first-order valence-corrected chi connectivity index (χ1v) is 11.0. The highest BCUT2D eigenvalue weighted by molar-refractivity contribution is 7.18. The van der Waals surface area contributed by atoms with Crippen LogP contribution in [0.2, 0.25) is 0 Å². The van der Waals surface area contributed by atoms with E-state index < -0.39 is 0 Å². The normalized spacial score (nSPS) is 11.2. The molecule has 0 aliphatic rings. The van der Waals surface area contributed by atoms with E-state index >= 15 is 0 Å². The molecule has 0 unspecified atom stereocenters. The number of nitrogens with one attached hydrogen (secondary N) is 2. The van der Waals surface area contributed by atoms with Crippen molar-refractivity contribution < 1.29 is 4.79 Å². The van der Waals surface area contributed by atoms with Crippen LogP contribution >= 0.6 is 11.3 Å². The lowest BCUT2D eigenvalue weighted by Crippen LogP contribution is -2.24. The minimum absolute atomic E-state index is 0.0902. The zero-order chi connectivity index (χ0) is 22.1. The Morgan fingerprint density at radius 3 is 2.65 bits per heavy atom. The first-order valence-electron chi connectivity index (χ1n) is 10.2. The number of benzene rings is 1. The number of carbonyl (C=O) groups excluding carboxylic acids is 1. The molecule has 2 N–H and O–H groups in total. The smallest absolute Gasteiger partial charge is 0.259 e. The highest BCUT2D eigenvalue weighted by Gasteiger charge is 2.15. The second-order valence-electron chi connectivity index (χ2n) is 7.65. The predicted octanol–water partition coefficient (Wildman–Crippen LogP) is 3.65. The minimum Gasteiger partial charge on any atom is -0.352 e. The van der Waals surface area contributed by atoms with E-state index in [1.54, 1.807) is 0 Å². The predicted molar refractivity (Wildman–Crippen MR) is 123 cm³/mol. The van der Waals surface area contributed by atoms with Crippen LogP contribution in [0.5, 0.6) is 0 Å². The molecule has 3 aromatic heterocycles. The molecule has 8 heteroatoms. The summed E-state index contributed by atoms with van der Waals surface area (Å²) in [7, 11) is 0. The highest BCUT2D eigenvalue weighted by atomic mass is 32.1. The molecule has 4 aromatic rings. The molecule has 1 aromatic carbocycles. The van der Waals surface area contributed by atoms with Gasteiger partial charge in [0.2, 0.25) is 5.91 Å². The van der Waals surface area contributed by atoms with Crippen LogP contribution < -0.4 is 10.9 Å². The molecule has 0 spiro atoms. The average Bonchev–Trinajstić information content (AvgIpc) is 3.20. The number of aromatic nitrogens is 4. The van der Waals surface area contributed by atoms with Crippen molar-refractivity contribution >= 4 is 27.5 Å². The van der Waals surface area contributed by atoms with Crippen LogP contribution in [0.15, 0.2) is 35.1 Å². The molecule has 0 aliphatic heterocycles. The van der Waals surface area contributed by atoms with Crippen molar-refractivity contribution in [3.05, 3.63) is 73.9 Å². The Morgan fingerprint density at radius 1 is 1.16 bits per heavy atom. The van der Waals surface area contributed by atoms with Gasteiger partial charge in [-0.15, -0.1) is 11.3 Å². The van der Waals surface area contributed by atoms with Gasteiger partial charge in [0.1, 0.15) is 10.7 Å². The SMILES string of the molecule is Cc1nn(-c2ccccc2)c(C)c1CNC(=O)CCc1nc2sc(C)c(C)c2c(=O)[nH]1. The second-order valence-corrected chi connectivity index (χ2v) is 8.85. The third-order valence-electron chi connectivity index (χ3n) is 5.58. The Morgan fingerprint density at radius 2 is 1.90 bits per heavy atom. The maximum absolute atomic E-state index is 12.4. The zero-order valence-corrected chi connectivity index (χ0v) is 18.9. The summed E-state index contributed by atoms with van der Waals surface area (Å²) in [4.78, 5) is 34.0. The lowest BCUT2D eigenvalue weighted by atomic mass is 10.2. The Hall–Kier alpha value is -3.26. The van der Waals surface area contributed by atoms with E-state index in [1.165, 1.54) is 11.3 Å². The van der Waals surface area contributed by atoms with Crippen molar-refractivity contribution in [2.45, 2.75) is 47.1 Å². The van der Waals surface area contributed by atoms with Gasteiger partial charge in [-0.1, -0.05) is 18.2 Å². The number of carbonyl (C=O) groups is 1. The zero-order valence-electron chi connectivity index (χ0n) is 18.1. The minimum atomic E-state index is -0.137. The quantitative estimate of drug-likeness (QED) is 0.483. The summed E-state index contributed by atoms with van der Waals surface area (Å²) in [5.41, 5.74) is 4.73. The highest BCUT2D eigenvalue weighted by Crippen LogP contribution is 2.25. The van der Waals surface area contributed by atoms with Crippen molar-refractivity contribution in [2.75, 3.05) is 0 Å². The molecule has 160 valence electrons. The summed E-state index contributed by atoms with van der Waals surface area (Å²) in [6, 6.07) is 9.92. The Bertz CT molecular complexity index is 1320. The Kier molecular flexibility index (Phi) is 5.73. The van der Waals surface area contributed by atoms with Crippen LogP contribution in [-0.2, 0) is 17.8 Å². The molecule has 0 saturated heterocycles. The van der Waals surface area contributed by atoms with Crippen molar-refractivity contribution in [2.24, 2.45) is 0 Å². The van der Waals surface area contributed by atoms with Crippen LogP contribution in [-0.4, -0.2) is 25.7 Å². The van der Waals surface area contributed by atoms with Gasteiger partial charge in [0.05, 0.1) is 16.8 Å². The monoisotopic (exact) mass is 435 g/mol. The fourth-order valence-corrected chi connectivity index (χ4v) is 4.73. The number of rotatable bonds is 6. The van der Waals surface area contributed by atoms with Gasteiger partial charge in [0.15, 0.2) is 0 Å². The topological polar surface area (TPSA) is 92.7 Å². The maximum atomic E-state index is 12.4. The van der Waals surface area contributed by atoms with E-state index in [9.17, 15) is 9.59 Å². The van der Waals surface area contributed by atoms with E-state index in [4.69, 9.17) is 0 Å². The standard InChI is InChI=1S/C23H25N5O2S/c1-13-16(4)31-23-21(13)22(30)25-19(26-23)10-11-20(29)24-12-18-14(2)27-28(15(18)3)17-8-6-5-7-9-17/h5-9H,10-12H2,1-4H3,(H,24,29)(H,25,26,30). The number of hydrogen-bond donors (Lipinski definition) is 2. The van der Waals surface area contributed by atoms with Crippen LogP contribution in [0.25, 0.3) is 15.9 Å². The van der Waals surface area contributed by atoms with E-state index in [2.05, 4.69) is 20.4 Å². The van der Waals surface area contributed by atoms with E-state index in [-0.39, 0.29) is 17.9 Å². The molecule has 31 heavy (non-hydrogen) atoms. The molecule has 4 rings (SSSR count). The number of H-pyrrole nitrogens is 1. The van der Waals surface area contributed by atoms with Crippen LogP contribution in [0.4, 0.5) is 0 Å². The fourth-order valence-electron chi connectivity index (χ4n) is 3.68. The number of hydrogen-bond acceptors (Lipinski definition) is 5. The van der Waals surface area contributed by atoms with Gasteiger partial charge in [-0.25, -0.2) is 9.67 Å². The summed E-state index contributed by atoms with van der Waals surface area (Å²) in [5.74, 6) is 0.450. The lowest BCUT2D eigenvalue weighted by molar-refractivity contribution is -0.121. The van der Waals surface area contributed by atoms with Gasteiger partial charge in [0.25, 0.3) is 5.56 Å². The number of nitrogens with zero attached hydrogens (tertiary/aromatic N) is 3. The fraction of sp³-hybridized carbons (Fsp3) is 0.304. The number of aryl methyl sites for hydroxylation is 4. The first-order chi connectivity index (χ1) is 14.8. The van der Waals surface area contributed by atoms with Crippen molar-refractivity contribution in [1.29, 1.82) is 0 Å². The van der Waals surface area contributed by atoms with Crippen LogP contribution in [0.1, 0.15) is 39.6 Å². The summed E-state index contributed by atoms with van der Waals surface area (Å²) in [6.07, 6.45) is 0.636. The number of fused-ring (bicyclic) bond motifs is 1. The Balaban J connectivity index is 1.41. The van der Waals surface area contributed by atoms with Gasteiger partial charge >= 0.3 is 0 Å². The van der Waals surface area contributed by atoms with Crippen molar-refractivity contribution in [1.82, 2.24) is 25.1 Å². The van der Waals surface area contributed by atoms with Crippen molar-refractivity contribution in [3.8, 4) is 5.69 Å². The molecule has 0 bridgehead atoms. The molecule has 3 heterocycles. The number of amides is 1. The molecule has 0 fully saturated rings. The molecule has 0 aliphatic carbocycles. The summed E-state index contributed by atoms with van der Waals surface area (Å²) < 4.78 is 1.89. The molecule has 0 radical (unpaired) electrons. The molecule has 0 saturated carbocycles. The van der Waals surface area contributed by atoms with Gasteiger partial charge in [-0.05, 0) is 45.4 Å². The molecule has 7 nitrogen and oxygen atoms in total. The van der Waals surface area contributed by atoms with E-state index in [0.717, 1.165) is 37.9 Å². The van der Waals surface area contributed by atoms with E-state index in [0.29, 0.717) is 24.2 Å². The first kappa shape index (κ1) is 21.0. The summed E-state index contributed by atoms with van der Waals surface area (Å²) >= 11 is 1.51.